The van der Waals surface area contributed by atoms with Crippen LogP contribution in [0.15, 0.2) is 0 Å². The highest BCUT2D eigenvalue weighted by Crippen LogP contribution is 2.52. The molecular weight excluding hydrogens is 251 g/mol. The fourth-order valence-corrected chi connectivity index (χ4v) is 2.93. The van der Waals surface area contributed by atoms with Crippen LogP contribution in [-0.2, 0) is 9.59 Å². The highest BCUT2D eigenvalue weighted by Gasteiger charge is 2.51. The maximum Gasteiger partial charge on any atom is 0.471 e. The van der Waals surface area contributed by atoms with Crippen molar-refractivity contribution in [2.24, 2.45) is 11.3 Å². The number of amides is 1. The third-order valence-electron chi connectivity index (χ3n) is 4.06. The van der Waals surface area contributed by atoms with Crippen LogP contribution in [0.5, 0.6) is 0 Å². The summed E-state index contributed by atoms with van der Waals surface area (Å²) in [5, 5.41) is 8.78. The summed E-state index contributed by atoms with van der Waals surface area (Å²) < 4.78 is 36.7. The Balaban J connectivity index is 1.87. The average molecular weight is 265 g/mol. The first-order chi connectivity index (χ1) is 8.23. The van der Waals surface area contributed by atoms with Gasteiger partial charge in [-0.2, -0.15) is 13.2 Å². The molecule has 102 valence electrons. The number of nitrogens with zero attached hydrogens (tertiary/aromatic N) is 1. The number of carboxylic acid groups (broad SMARTS) is 1. The molecule has 0 unspecified atom stereocenters. The number of piperidine rings is 1. The van der Waals surface area contributed by atoms with Crippen LogP contribution in [0.2, 0.25) is 0 Å². The van der Waals surface area contributed by atoms with Gasteiger partial charge < -0.3 is 10.0 Å². The van der Waals surface area contributed by atoms with Gasteiger partial charge in [0.15, 0.2) is 0 Å². The number of hydrogen-bond acceptors (Lipinski definition) is 2. The molecule has 2 aliphatic rings. The zero-order valence-electron chi connectivity index (χ0n) is 9.66. The highest BCUT2D eigenvalue weighted by molar-refractivity contribution is 5.82. The van der Waals surface area contributed by atoms with Gasteiger partial charge in [0.1, 0.15) is 0 Å². The molecule has 1 saturated heterocycles. The van der Waals surface area contributed by atoms with Crippen LogP contribution in [-0.4, -0.2) is 41.1 Å². The van der Waals surface area contributed by atoms with Crippen molar-refractivity contribution < 1.29 is 27.9 Å². The Labute approximate surface area is 102 Å². The van der Waals surface area contributed by atoms with Gasteiger partial charge in [-0.05, 0) is 31.1 Å². The van der Waals surface area contributed by atoms with Crippen molar-refractivity contribution in [3.8, 4) is 0 Å². The van der Waals surface area contributed by atoms with Gasteiger partial charge in [0.2, 0.25) is 0 Å². The Hall–Kier alpha value is -1.27. The second-order valence-electron chi connectivity index (χ2n) is 5.23. The number of hydrogen-bond donors (Lipinski definition) is 1. The molecule has 0 aromatic carbocycles. The van der Waals surface area contributed by atoms with Crippen LogP contribution in [0.4, 0.5) is 13.2 Å². The molecule has 1 saturated carbocycles. The summed E-state index contributed by atoms with van der Waals surface area (Å²) in [7, 11) is 0. The van der Waals surface area contributed by atoms with Crippen molar-refractivity contribution in [3.63, 3.8) is 0 Å². The fraction of sp³-hybridized carbons (Fsp3) is 0.818. The van der Waals surface area contributed by atoms with Crippen LogP contribution in [0.3, 0.4) is 0 Å². The van der Waals surface area contributed by atoms with Gasteiger partial charge in [-0.15, -0.1) is 0 Å². The van der Waals surface area contributed by atoms with E-state index in [4.69, 9.17) is 5.11 Å². The second-order valence-corrected chi connectivity index (χ2v) is 5.23. The first kappa shape index (κ1) is 13.2. The maximum atomic E-state index is 12.2. The van der Waals surface area contributed by atoms with Crippen LogP contribution in [0, 0.1) is 11.3 Å². The number of halogens is 3. The molecule has 7 heteroatoms. The lowest BCUT2D eigenvalue weighted by Crippen LogP contribution is -2.52. The van der Waals surface area contributed by atoms with E-state index < -0.39 is 18.1 Å². The number of carbonyl (C=O) groups is 2. The van der Waals surface area contributed by atoms with Crippen LogP contribution < -0.4 is 0 Å². The van der Waals surface area contributed by atoms with Crippen molar-refractivity contribution in [1.29, 1.82) is 0 Å². The van der Waals surface area contributed by atoms with E-state index in [-0.39, 0.29) is 24.4 Å². The van der Waals surface area contributed by atoms with E-state index in [9.17, 15) is 22.8 Å². The van der Waals surface area contributed by atoms with Gasteiger partial charge in [0.25, 0.3) is 0 Å². The average Bonchev–Trinajstić information content (AvgIpc) is 2.23. The molecule has 0 aromatic heterocycles. The normalized spacial score (nSPS) is 23.8. The van der Waals surface area contributed by atoms with E-state index in [1.165, 1.54) is 0 Å². The summed E-state index contributed by atoms with van der Waals surface area (Å²) in [6.45, 7) is 0.148. The fourth-order valence-electron chi connectivity index (χ4n) is 2.93. The number of likely N-dealkylation sites (tertiary alicyclic amines) is 1. The number of aliphatic carboxylic acids is 1. The maximum absolute atomic E-state index is 12.2. The second kappa shape index (κ2) is 4.13. The lowest BCUT2D eigenvalue weighted by Gasteiger charge is -2.50. The SMILES string of the molecule is O=C(O)C1CC2(CCN(C(=O)C(F)(F)F)CC2)C1. The molecule has 1 N–H and O–H groups in total. The molecule has 18 heavy (non-hydrogen) atoms. The Morgan fingerprint density at radius 2 is 1.67 bits per heavy atom. The van der Waals surface area contributed by atoms with Crippen molar-refractivity contribution in [2.75, 3.05) is 13.1 Å². The molecule has 0 radical (unpaired) electrons. The predicted molar refractivity (Wildman–Crippen MR) is 54.7 cm³/mol. The van der Waals surface area contributed by atoms with E-state index in [0.717, 1.165) is 4.90 Å². The van der Waals surface area contributed by atoms with E-state index >= 15 is 0 Å². The van der Waals surface area contributed by atoms with E-state index in [1.54, 1.807) is 0 Å². The number of carbonyl (C=O) groups excluding carboxylic acids is 1. The summed E-state index contributed by atoms with van der Waals surface area (Å²) in [5.41, 5.74) is -0.147. The number of rotatable bonds is 1. The van der Waals surface area contributed by atoms with Crippen LogP contribution in [0.25, 0.3) is 0 Å². The van der Waals surface area contributed by atoms with Gasteiger partial charge in [-0.3, -0.25) is 9.59 Å². The molecule has 0 atom stereocenters. The van der Waals surface area contributed by atoms with Crippen molar-refractivity contribution >= 4 is 11.9 Å². The lowest BCUT2D eigenvalue weighted by molar-refractivity contribution is -0.189. The zero-order chi connectivity index (χ0) is 13.6. The lowest BCUT2D eigenvalue weighted by atomic mass is 9.57. The number of carboxylic acids is 1. The molecule has 1 heterocycles. The predicted octanol–water partition coefficient (Wildman–Crippen LogP) is 1.65. The molecule has 4 nitrogen and oxygen atoms in total. The van der Waals surface area contributed by atoms with E-state index in [0.29, 0.717) is 25.7 Å². The Morgan fingerprint density at radius 3 is 2.06 bits per heavy atom. The van der Waals surface area contributed by atoms with Crippen molar-refractivity contribution in [1.82, 2.24) is 4.90 Å². The van der Waals surface area contributed by atoms with Gasteiger partial charge >= 0.3 is 18.1 Å². The highest BCUT2D eigenvalue weighted by atomic mass is 19.4. The summed E-state index contributed by atoms with van der Waals surface area (Å²) in [6, 6.07) is 0. The molecule has 1 spiro atoms. The van der Waals surface area contributed by atoms with E-state index in [2.05, 4.69) is 0 Å². The number of alkyl halides is 3. The first-order valence-corrected chi connectivity index (χ1v) is 5.82. The van der Waals surface area contributed by atoms with Gasteiger partial charge in [-0.1, -0.05) is 0 Å². The molecule has 1 aliphatic carbocycles. The van der Waals surface area contributed by atoms with Crippen LogP contribution in [0.1, 0.15) is 25.7 Å². The smallest absolute Gasteiger partial charge is 0.471 e. The Bertz CT molecular complexity index is 364. The minimum absolute atomic E-state index is 0.0741. The monoisotopic (exact) mass is 265 g/mol. The molecule has 0 bridgehead atoms. The van der Waals surface area contributed by atoms with Crippen molar-refractivity contribution in [3.05, 3.63) is 0 Å². The minimum Gasteiger partial charge on any atom is -0.481 e. The minimum atomic E-state index is -4.81. The largest absolute Gasteiger partial charge is 0.481 e. The summed E-state index contributed by atoms with van der Waals surface area (Å²) in [4.78, 5) is 22.5. The standard InChI is InChI=1S/C11H14F3NO3/c12-11(13,14)9(18)15-3-1-10(2-4-15)5-7(6-10)8(16)17/h7H,1-6H2,(H,16,17). The van der Waals surface area contributed by atoms with Gasteiger partial charge in [-0.25, -0.2) is 0 Å². The summed E-state index contributed by atoms with van der Waals surface area (Å²) in [5.74, 6) is -2.99. The van der Waals surface area contributed by atoms with Gasteiger partial charge in [0.05, 0.1) is 5.92 Å². The first-order valence-electron chi connectivity index (χ1n) is 5.82. The molecule has 1 aliphatic heterocycles. The Morgan fingerprint density at radius 1 is 1.17 bits per heavy atom. The quantitative estimate of drug-likeness (QED) is 0.784. The van der Waals surface area contributed by atoms with Gasteiger partial charge in [0, 0.05) is 13.1 Å². The third kappa shape index (κ3) is 2.30. The molecule has 2 fully saturated rings. The van der Waals surface area contributed by atoms with Crippen molar-refractivity contribution in [2.45, 2.75) is 31.9 Å². The van der Waals surface area contributed by atoms with E-state index in [1.807, 2.05) is 0 Å². The molecule has 0 aromatic rings. The summed E-state index contributed by atoms with van der Waals surface area (Å²) >= 11 is 0. The third-order valence-corrected chi connectivity index (χ3v) is 4.06. The zero-order valence-corrected chi connectivity index (χ0v) is 9.66. The van der Waals surface area contributed by atoms with Crippen LogP contribution >= 0.6 is 0 Å². The molecule has 2 rings (SSSR count). The summed E-state index contributed by atoms with van der Waals surface area (Å²) in [6.07, 6.45) is -2.82. The molecule has 1 amide bonds. The molecular formula is C11H14F3NO3. The topological polar surface area (TPSA) is 57.6 Å². The Kier molecular flexibility index (Phi) is 3.03.